The summed E-state index contributed by atoms with van der Waals surface area (Å²) in [6.07, 6.45) is 31.8. The van der Waals surface area contributed by atoms with Crippen molar-refractivity contribution in [1.29, 1.82) is 0 Å². The Labute approximate surface area is 286 Å². The Hall–Kier alpha value is -0.218. The molecular weight excluding hydrogens is 641 g/mol. The average molecular weight is 711 g/mol. The Morgan fingerprint density at radius 1 is 0.419 bits per heavy atom. The molecule has 0 heterocycles. The predicted molar refractivity (Wildman–Crippen MR) is 172 cm³/mol. The van der Waals surface area contributed by atoms with Gasteiger partial charge in [-0.15, -0.1) is 0 Å². The van der Waals surface area contributed by atoms with E-state index in [0.717, 1.165) is 64.2 Å². The van der Waals surface area contributed by atoms with Crippen LogP contribution in [0.1, 0.15) is 206 Å². The predicted octanol–water partition coefficient (Wildman–Crippen LogP) is 7.93. The summed E-state index contributed by atoms with van der Waals surface area (Å²) in [5.74, 6) is -1.93. The molecule has 0 saturated carbocycles. The second-order valence-electron chi connectivity index (χ2n) is 12.5. The van der Waals surface area contributed by atoms with Gasteiger partial charge in [0.1, 0.15) is 0 Å². The van der Waals surface area contributed by atoms with Crippen molar-refractivity contribution in [2.45, 2.75) is 219 Å². The molecule has 0 bridgehead atoms. The Bertz CT molecular complexity index is 512. The first kappa shape index (κ1) is 47.2. The Kier molecular flexibility index (Phi) is 43.7. The van der Waals surface area contributed by atoms with Crippen LogP contribution in [0.4, 0.5) is 0 Å². The zero-order valence-electron chi connectivity index (χ0n) is 28.6. The van der Waals surface area contributed by atoms with Crippen LogP contribution in [0.3, 0.4) is 0 Å². The van der Waals surface area contributed by atoms with Crippen molar-refractivity contribution in [3.05, 3.63) is 0 Å². The van der Waals surface area contributed by atoms with E-state index in [2.05, 4.69) is 13.8 Å². The van der Waals surface area contributed by atoms with Gasteiger partial charge in [0.2, 0.25) is 0 Å². The third-order valence-corrected chi connectivity index (χ3v) is 8.12. The van der Waals surface area contributed by atoms with Crippen molar-refractivity contribution in [3.63, 3.8) is 0 Å². The minimum Gasteiger partial charge on any atom is -0.550 e. The Morgan fingerprint density at radius 2 is 0.628 bits per heavy atom. The van der Waals surface area contributed by atoms with E-state index in [4.69, 9.17) is 0 Å². The Balaban J connectivity index is -0.000000727. The first-order chi connectivity index (χ1) is 20.3. The maximum atomic E-state index is 10.2. The number of carboxylic acid groups (broad SMARTS) is 2. The summed E-state index contributed by atoms with van der Waals surface area (Å²) >= 11 is 0. The average Bonchev–Trinajstić information content (AvgIpc) is 2.95. The molecule has 7 heteroatoms. The monoisotopic (exact) mass is 712 g/mol. The van der Waals surface area contributed by atoms with Crippen LogP contribution in [0.15, 0.2) is 0 Å². The molecule has 0 aromatic carbocycles. The molecule has 0 amide bonds. The van der Waals surface area contributed by atoms with E-state index >= 15 is 0 Å². The standard InChI is InChI=1S/2C18H36O3.Cd/c2*1-2-3-4-5-6-7-8-9-11-14-17(19)15-12-10-13-16-18(20)21;/h2*17,19H,2-16H2,1H3,(H,20,21);/q;;+2/p-2. The largest absolute Gasteiger partial charge is 2.00 e. The van der Waals surface area contributed by atoms with E-state index in [-0.39, 0.29) is 52.3 Å². The summed E-state index contributed by atoms with van der Waals surface area (Å²) in [6.45, 7) is 4.49. The molecule has 0 saturated heterocycles. The molecule has 0 fully saturated rings. The maximum Gasteiger partial charge on any atom is 2.00 e. The zero-order valence-corrected chi connectivity index (χ0v) is 32.6. The first-order valence-electron chi connectivity index (χ1n) is 18.1. The summed E-state index contributed by atoms with van der Waals surface area (Å²) in [7, 11) is 0. The molecule has 2 N–H and O–H groups in total. The van der Waals surface area contributed by atoms with Crippen LogP contribution in [-0.2, 0) is 36.9 Å². The number of aliphatic carboxylic acids is 2. The molecule has 43 heavy (non-hydrogen) atoms. The summed E-state index contributed by atoms with van der Waals surface area (Å²) in [6, 6.07) is 0. The van der Waals surface area contributed by atoms with Gasteiger partial charge < -0.3 is 30.0 Å². The third-order valence-electron chi connectivity index (χ3n) is 8.12. The zero-order chi connectivity index (χ0) is 31.5. The molecular formula is C36H70CdO6. The van der Waals surface area contributed by atoms with Gasteiger partial charge in [-0.25, -0.2) is 0 Å². The maximum absolute atomic E-state index is 10.2. The summed E-state index contributed by atoms with van der Waals surface area (Å²) in [5.41, 5.74) is 0. The summed E-state index contributed by atoms with van der Waals surface area (Å²) in [5, 5.41) is 40.1. The van der Waals surface area contributed by atoms with Crippen LogP contribution >= 0.6 is 0 Å². The quantitative estimate of drug-likeness (QED) is 0.0540. The molecule has 252 valence electrons. The second-order valence-corrected chi connectivity index (χ2v) is 12.5. The number of carbonyl (C=O) groups is 2. The normalized spacial score (nSPS) is 12.2. The third kappa shape index (κ3) is 46.3. The minimum absolute atomic E-state index is 0. The van der Waals surface area contributed by atoms with E-state index in [1.54, 1.807) is 0 Å². The summed E-state index contributed by atoms with van der Waals surface area (Å²) in [4.78, 5) is 20.5. The van der Waals surface area contributed by atoms with Crippen molar-refractivity contribution in [2.75, 3.05) is 0 Å². The van der Waals surface area contributed by atoms with Gasteiger partial charge in [-0.05, 0) is 51.4 Å². The molecule has 0 rings (SSSR count). The van der Waals surface area contributed by atoms with Gasteiger partial charge in [0.15, 0.2) is 0 Å². The van der Waals surface area contributed by atoms with Gasteiger partial charge in [0.05, 0.1) is 12.2 Å². The smallest absolute Gasteiger partial charge is 0.550 e. The van der Waals surface area contributed by atoms with Gasteiger partial charge in [-0.3, -0.25) is 0 Å². The van der Waals surface area contributed by atoms with Crippen molar-refractivity contribution in [2.24, 2.45) is 0 Å². The number of aliphatic hydroxyl groups is 2. The number of aliphatic hydroxyl groups excluding tert-OH is 2. The van der Waals surface area contributed by atoms with Crippen LogP contribution in [0.5, 0.6) is 0 Å². The van der Waals surface area contributed by atoms with Gasteiger partial charge in [-0.2, -0.15) is 0 Å². The number of hydrogen-bond acceptors (Lipinski definition) is 6. The number of carbonyl (C=O) groups excluding carboxylic acids is 2. The number of unbranched alkanes of at least 4 members (excludes halogenated alkanes) is 20. The van der Waals surface area contributed by atoms with E-state index in [0.29, 0.717) is 12.8 Å². The molecule has 0 aromatic heterocycles. The first-order valence-corrected chi connectivity index (χ1v) is 18.1. The van der Waals surface area contributed by atoms with E-state index in [1.807, 2.05) is 0 Å². The van der Waals surface area contributed by atoms with Gasteiger partial charge >= 0.3 is 27.3 Å². The fourth-order valence-corrected chi connectivity index (χ4v) is 5.32. The van der Waals surface area contributed by atoms with E-state index in [9.17, 15) is 30.0 Å². The van der Waals surface area contributed by atoms with Crippen LogP contribution in [0.2, 0.25) is 0 Å². The van der Waals surface area contributed by atoms with Crippen LogP contribution in [-0.4, -0.2) is 34.4 Å². The molecule has 2 atom stereocenters. The molecule has 0 aliphatic carbocycles. The molecule has 6 nitrogen and oxygen atoms in total. The van der Waals surface area contributed by atoms with Crippen molar-refractivity contribution >= 4 is 11.9 Å². The van der Waals surface area contributed by atoms with Gasteiger partial charge in [0, 0.05) is 11.9 Å². The molecule has 2 unspecified atom stereocenters. The van der Waals surface area contributed by atoms with Gasteiger partial charge in [0.25, 0.3) is 0 Å². The molecule has 0 radical (unpaired) electrons. The summed E-state index contributed by atoms with van der Waals surface area (Å²) < 4.78 is 0. The molecule has 0 aromatic rings. The fraction of sp³-hybridized carbons (Fsp3) is 0.944. The van der Waals surface area contributed by atoms with Crippen molar-refractivity contribution in [1.82, 2.24) is 0 Å². The van der Waals surface area contributed by atoms with Crippen molar-refractivity contribution < 1.29 is 57.3 Å². The van der Waals surface area contributed by atoms with E-state index in [1.165, 1.54) is 103 Å². The second kappa shape index (κ2) is 39.8. The van der Waals surface area contributed by atoms with E-state index < -0.39 is 11.9 Å². The Morgan fingerprint density at radius 3 is 0.860 bits per heavy atom. The number of rotatable bonds is 32. The molecule has 0 aliphatic rings. The van der Waals surface area contributed by atoms with Crippen LogP contribution < -0.4 is 10.2 Å². The molecule has 0 spiro atoms. The topological polar surface area (TPSA) is 121 Å². The minimum atomic E-state index is -0.967. The molecule has 0 aliphatic heterocycles. The van der Waals surface area contributed by atoms with Gasteiger partial charge in [-0.1, -0.05) is 155 Å². The van der Waals surface area contributed by atoms with Crippen molar-refractivity contribution in [3.8, 4) is 0 Å². The van der Waals surface area contributed by atoms with Crippen LogP contribution in [0.25, 0.3) is 0 Å². The SMILES string of the molecule is CCCCCCCCCCCC(O)CCCCCC(=O)[O-].CCCCCCCCCCCC(O)CCCCCC(=O)[O-].[Cd+2]. The fourth-order valence-electron chi connectivity index (χ4n) is 5.32. The van der Waals surface area contributed by atoms with Crippen LogP contribution in [0, 0.1) is 0 Å². The number of hydrogen-bond donors (Lipinski definition) is 2. The number of carboxylic acids is 2.